The highest BCUT2D eigenvalue weighted by Gasteiger charge is 2.45. The Kier molecular flexibility index (Phi) is 20.4. The smallest absolute Gasteiger partial charge is 0.329 e. The van der Waals surface area contributed by atoms with E-state index in [9.17, 15) is 24.3 Å². The van der Waals surface area contributed by atoms with Crippen LogP contribution in [0.15, 0.2) is 190 Å². The summed E-state index contributed by atoms with van der Waals surface area (Å²) in [4.78, 5) is 145. The van der Waals surface area contributed by atoms with Crippen LogP contribution in [0.4, 0.5) is 94.3 Å². The second-order valence-electron chi connectivity index (χ2n) is 28.7. The number of aromatic nitrogens is 18. The van der Waals surface area contributed by atoms with Gasteiger partial charge >= 0.3 is 30.1 Å². The number of aliphatic hydroxyl groups is 1. The molecule has 8 bridgehead atoms. The number of methoxy groups -OCH3 is 1. The van der Waals surface area contributed by atoms with Gasteiger partial charge in [0, 0.05) is 162 Å². The van der Waals surface area contributed by atoms with Gasteiger partial charge in [0.05, 0.1) is 120 Å². The van der Waals surface area contributed by atoms with Gasteiger partial charge in [-0.15, -0.1) is 0 Å². The number of hydrogen-bond acceptors (Lipinski definition) is 28. The van der Waals surface area contributed by atoms with E-state index >= 15 is 0 Å². The van der Waals surface area contributed by atoms with Gasteiger partial charge in [0.15, 0.2) is 46.5 Å². The lowest BCUT2D eigenvalue weighted by Gasteiger charge is -2.35. The number of anilines is 13. The fourth-order valence-electron chi connectivity index (χ4n) is 15.9. The topological polar surface area (TPSA) is 419 Å². The highest BCUT2D eigenvalue weighted by molar-refractivity contribution is 6.09. The fourth-order valence-corrected chi connectivity index (χ4v) is 15.9. The number of fused-ring (bicyclic) bond motifs is 17. The number of aliphatic hydroxyl groups excluding tert-OH is 1. The Morgan fingerprint density at radius 2 is 0.839 bits per heavy atom. The van der Waals surface area contributed by atoms with E-state index in [2.05, 4.69) is 122 Å². The van der Waals surface area contributed by atoms with Gasteiger partial charge in [0.2, 0.25) is 0 Å². The number of imidazole rings is 1. The zero-order chi connectivity index (χ0) is 80.3. The minimum atomic E-state index is -0.270. The summed E-state index contributed by atoms with van der Waals surface area (Å²) in [6, 6.07) is 28.7. The summed E-state index contributed by atoms with van der Waals surface area (Å²) in [6.07, 6.45) is 29.2. The second-order valence-corrected chi connectivity index (χ2v) is 28.7. The Bertz CT molecular complexity index is 5720. The largest absolute Gasteiger partial charge is 0.467 e. The Balaban J connectivity index is 0.000000108. The van der Waals surface area contributed by atoms with E-state index in [0.29, 0.717) is 69.5 Å². The van der Waals surface area contributed by atoms with E-state index in [4.69, 9.17) is 24.7 Å². The highest BCUT2D eigenvalue weighted by atomic mass is 16.5. The average Bonchev–Trinajstić information content (AvgIpc) is 1.58. The SMILES string of the molecule is CNc1cc(-c2ccc3c(n2)N(C(=O)Nc2cnccn2)[C@H]2CCN3C2)ccn1.COc1ncc(-c2ccc3c(n2)N(C(=O)Nc2cnccn2)[C@H]2CCN3C2)cn1.Cc1cc(-c2ccc3c(n2)N(C(=O)Nc2nccc4[nH]cnc24)[C@H]2CCN3C2)ccn1.O=C(Nc1cnccn1)N1c2nc(-c3ccc(CO)nc3)ccc2N2CC[C@H]1C2. The van der Waals surface area contributed by atoms with Crippen LogP contribution in [0, 0.1) is 6.92 Å². The molecule has 0 spiro atoms. The van der Waals surface area contributed by atoms with Crippen LogP contribution in [0.5, 0.6) is 6.01 Å². The Hall–Kier alpha value is -15.2. The van der Waals surface area contributed by atoms with Crippen molar-refractivity contribution in [1.82, 2.24) is 89.7 Å². The second kappa shape index (κ2) is 32.4. The van der Waals surface area contributed by atoms with E-state index < -0.39 is 0 Å². The molecule has 4 atom stereocenters. The van der Waals surface area contributed by atoms with Gasteiger partial charge in [0.25, 0.3) is 0 Å². The number of aryl methyl sites for hydroxylation is 1. The predicted molar refractivity (Wildman–Crippen MR) is 443 cm³/mol. The van der Waals surface area contributed by atoms with Crippen molar-refractivity contribution in [1.29, 1.82) is 0 Å². The summed E-state index contributed by atoms with van der Waals surface area (Å²) >= 11 is 0. The van der Waals surface area contributed by atoms with Crippen molar-refractivity contribution in [3.8, 4) is 51.0 Å². The summed E-state index contributed by atoms with van der Waals surface area (Å²) in [5.74, 6) is 5.02. The van der Waals surface area contributed by atoms with Crippen molar-refractivity contribution >= 4 is 110 Å². The number of carbonyl (C=O) groups is 4. The van der Waals surface area contributed by atoms with Crippen molar-refractivity contribution in [2.45, 2.75) is 63.4 Å². The minimum Gasteiger partial charge on any atom is -0.467 e. The van der Waals surface area contributed by atoms with Gasteiger partial charge in [-0.3, -0.25) is 65.8 Å². The van der Waals surface area contributed by atoms with E-state index in [1.165, 1.54) is 38.1 Å². The predicted octanol–water partition coefficient (Wildman–Crippen LogP) is 9.98. The van der Waals surface area contributed by atoms with Gasteiger partial charge in [-0.25, -0.2) is 79.0 Å². The minimum absolute atomic E-state index is 0.0500. The third-order valence-electron chi connectivity index (χ3n) is 21.5. The molecule has 0 radical (unpaired) electrons. The van der Waals surface area contributed by atoms with Crippen molar-refractivity contribution in [3.05, 3.63) is 202 Å². The number of ether oxygens (including phenoxy) is 1. The molecule has 37 heteroatoms. The lowest BCUT2D eigenvalue weighted by atomic mass is 10.1. The summed E-state index contributed by atoms with van der Waals surface area (Å²) < 4.78 is 5.02. The first kappa shape index (κ1) is 74.3. The number of H-pyrrole nitrogens is 1. The lowest BCUT2D eigenvalue weighted by molar-refractivity contribution is 0.254. The molecular weight excluding hydrogens is 1500 g/mol. The van der Waals surface area contributed by atoms with Gasteiger partial charge < -0.3 is 39.7 Å². The van der Waals surface area contributed by atoms with Crippen LogP contribution in [-0.4, -0.2) is 210 Å². The maximum atomic E-state index is 13.5. The number of rotatable bonds is 11. The van der Waals surface area contributed by atoms with Crippen LogP contribution >= 0.6 is 0 Å². The monoisotopic (exact) mass is 1580 g/mol. The molecule has 21 rings (SSSR count). The molecule has 21 heterocycles. The number of hydrogen-bond donors (Lipinski definition) is 7. The third kappa shape index (κ3) is 15.0. The standard InChI is InChI=1S/C22H20N8O.C20H20N8O.C20H19N7O2.C19H18N8O2/c1-13-10-14(4-7-23-13)16-2-3-18-21(27-16)30(15-6-9-29(18)11-15)22(31)28-20-19-17(5-8-24-20)25-12-26-19;1-21-17-10-13(4-6-23-17)15-2-3-16-19(25-15)28(14-5-9-27(16)12-14)20(29)26-18-11-22-7-8-24-18;28-12-14-2-1-13(9-23-14)16-3-4-17-19(24-16)27(15-5-8-26(17)11-15)20(29)25-18-10-21-6-7-22-18;1-29-18-22-8-12(9-23-18)14-2-3-15-17(24-14)27(13-4-7-26(15)11-13)19(28)25-16-10-20-5-6-21-16/h2-5,7-8,10,12,15H,6,9,11H2,1H3,(H,25,26)(H,24,28,31);2-4,6-8,10-11,14H,5,9,12H2,1H3,(H,21,23)(H,24,26,29);1-4,6-7,9-10,15,28H,5,8,11-12H2,(H,22,25,29);2-3,5-6,8-10,13H,4,7,11H2,1H3,(H,21,25,28)/t15-;14-;15-;13-/m0000/s1. The molecule has 8 amide bonds. The molecule has 4 fully saturated rings. The summed E-state index contributed by atoms with van der Waals surface area (Å²) in [5, 5.41) is 23.7. The molecule has 13 aromatic rings. The molecule has 0 aliphatic carbocycles. The molecule has 8 aliphatic rings. The highest BCUT2D eigenvalue weighted by Crippen LogP contribution is 2.45. The molecule has 8 aliphatic heterocycles. The van der Waals surface area contributed by atoms with Crippen LogP contribution in [0.2, 0.25) is 0 Å². The Morgan fingerprint density at radius 3 is 1.25 bits per heavy atom. The van der Waals surface area contributed by atoms with Gasteiger partial charge in [0.1, 0.15) is 11.3 Å². The maximum Gasteiger partial charge on any atom is 0.329 e. The lowest BCUT2D eigenvalue weighted by Crippen LogP contribution is -2.48. The number of nitrogens with zero attached hydrogens (tertiary/aromatic N) is 25. The number of amides is 8. The molecular formula is C81H77N31O6. The molecule has 7 N–H and O–H groups in total. The van der Waals surface area contributed by atoms with Crippen molar-refractivity contribution < 1.29 is 29.0 Å². The molecule has 0 saturated carbocycles. The molecule has 0 unspecified atom stereocenters. The van der Waals surface area contributed by atoms with Gasteiger partial charge in [-0.1, -0.05) is 0 Å². The molecule has 37 nitrogen and oxygen atoms in total. The summed E-state index contributed by atoms with van der Waals surface area (Å²) in [5.41, 5.74) is 13.3. The van der Waals surface area contributed by atoms with Crippen LogP contribution in [0.3, 0.4) is 0 Å². The van der Waals surface area contributed by atoms with Crippen LogP contribution < -0.4 is 70.5 Å². The summed E-state index contributed by atoms with van der Waals surface area (Å²) in [7, 11) is 3.35. The maximum absolute atomic E-state index is 13.5. The molecule has 4 saturated heterocycles. The van der Waals surface area contributed by atoms with Crippen LogP contribution in [0.25, 0.3) is 56.1 Å². The number of pyridine rings is 8. The van der Waals surface area contributed by atoms with Crippen LogP contribution in [0.1, 0.15) is 37.1 Å². The molecule has 118 heavy (non-hydrogen) atoms. The first-order valence-corrected chi connectivity index (χ1v) is 38.4. The van der Waals surface area contributed by atoms with Crippen molar-refractivity contribution in [2.75, 3.05) is 132 Å². The Morgan fingerprint density at radius 1 is 0.424 bits per heavy atom. The van der Waals surface area contributed by atoms with E-state index in [0.717, 1.165) is 157 Å². The van der Waals surface area contributed by atoms with Crippen molar-refractivity contribution in [3.63, 3.8) is 0 Å². The number of carbonyl (C=O) groups excluding carboxylic acids is 4. The number of urea groups is 4. The molecule has 13 aromatic heterocycles. The van der Waals surface area contributed by atoms with Gasteiger partial charge in [-0.2, -0.15) is 0 Å². The zero-order valence-electron chi connectivity index (χ0n) is 64.1. The average molecular weight is 1580 g/mol. The van der Waals surface area contributed by atoms with E-state index in [1.54, 1.807) is 94.0 Å². The van der Waals surface area contributed by atoms with Crippen molar-refractivity contribution in [2.24, 2.45) is 0 Å². The summed E-state index contributed by atoms with van der Waals surface area (Å²) in [6.45, 7) is 8.62. The number of nitrogens with one attached hydrogen (secondary N) is 6. The third-order valence-corrected chi connectivity index (χ3v) is 21.5. The molecule has 0 aromatic carbocycles. The van der Waals surface area contributed by atoms with Gasteiger partial charge in [-0.05, 0) is 124 Å². The Labute approximate surface area is 674 Å². The zero-order valence-corrected chi connectivity index (χ0v) is 64.1. The fraction of sp³-hybridized carbons (Fsp3) is 0.247. The van der Waals surface area contributed by atoms with Crippen LogP contribution in [-0.2, 0) is 6.61 Å². The quantitative estimate of drug-likeness (QED) is 0.0633. The van der Waals surface area contributed by atoms with E-state index in [1.807, 2.05) is 92.8 Å². The normalized spacial score (nSPS) is 17.1. The molecule has 592 valence electrons. The number of aromatic amines is 1. The first-order valence-electron chi connectivity index (χ1n) is 38.4. The van der Waals surface area contributed by atoms with E-state index in [-0.39, 0.29) is 54.9 Å². The first-order chi connectivity index (χ1) is 57.8.